The summed E-state index contributed by atoms with van der Waals surface area (Å²) in [7, 11) is 0. The molecule has 0 aromatic heterocycles. The fourth-order valence-corrected chi connectivity index (χ4v) is 1.51. The van der Waals surface area contributed by atoms with Crippen LogP contribution >= 0.6 is 0 Å². The minimum absolute atomic E-state index is 0.331. The number of ether oxygens (including phenoxy) is 1. The van der Waals surface area contributed by atoms with Crippen molar-refractivity contribution in [1.82, 2.24) is 0 Å². The highest BCUT2D eigenvalue weighted by molar-refractivity contribution is 5.53. The molecule has 0 amide bonds. The molecule has 0 aliphatic heterocycles. The van der Waals surface area contributed by atoms with Crippen LogP contribution in [0.2, 0.25) is 0 Å². The fraction of sp³-hybridized carbons (Fsp3) is 0.429. The standard InChI is InChI=1S/C14H17N3O/c1-14(2,10-16)6-3-7-18-13-5-4-12(17)8-11(13)9-15/h4-5,8H,3,6-7,17H2,1-2H3. The summed E-state index contributed by atoms with van der Waals surface area (Å²) >= 11 is 0. The molecule has 0 bridgehead atoms. The molecule has 2 N–H and O–H groups in total. The molecule has 0 atom stereocenters. The van der Waals surface area contributed by atoms with E-state index in [0.29, 0.717) is 23.6 Å². The predicted octanol–water partition coefficient (Wildman–Crippen LogP) is 2.85. The van der Waals surface area contributed by atoms with Gasteiger partial charge in [0.05, 0.1) is 23.7 Å². The first-order valence-electron chi connectivity index (χ1n) is 5.82. The van der Waals surface area contributed by atoms with Gasteiger partial charge < -0.3 is 10.5 Å². The third-order valence-electron chi connectivity index (χ3n) is 2.63. The fourth-order valence-electron chi connectivity index (χ4n) is 1.51. The summed E-state index contributed by atoms with van der Waals surface area (Å²) < 4.78 is 5.54. The molecule has 0 saturated carbocycles. The summed E-state index contributed by atoms with van der Waals surface area (Å²) in [5, 5.41) is 17.8. The average Bonchev–Trinajstić information content (AvgIpc) is 2.36. The molecule has 1 aromatic rings. The van der Waals surface area contributed by atoms with E-state index in [1.54, 1.807) is 18.2 Å². The van der Waals surface area contributed by atoms with Gasteiger partial charge in [-0.15, -0.1) is 0 Å². The lowest BCUT2D eigenvalue weighted by Gasteiger charge is -2.15. The van der Waals surface area contributed by atoms with E-state index < -0.39 is 0 Å². The molecule has 0 saturated heterocycles. The summed E-state index contributed by atoms with van der Waals surface area (Å²) in [5.74, 6) is 0.543. The van der Waals surface area contributed by atoms with Crippen LogP contribution in [0.3, 0.4) is 0 Å². The number of nitrogen functional groups attached to an aromatic ring is 1. The molecule has 0 unspecified atom stereocenters. The summed E-state index contributed by atoms with van der Waals surface area (Å²) in [5.41, 5.74) is 6.24. The molecule has 1 aromatic carbocycles. The molecule has 18 heavy (non-hydrogen) atoms. The molecule has 0 aliphatic carbocycles. The number of nitrogens with zero attached hydrogens (tertiary/aromatic N) is 2. The molecule has 0 radical (unpaired) electrons. The summed E-state index contributed by atoms with van der Waals surface area (Å²) in [6.07, 6.45) is 1.54. The molecule has 0 spiro atoms. The Labute approximate surface area is 108 Å². The van der Waals surface area contributed by atoms with Crippen molar-refractivity contribution in [2.45, 2.75) is 26.7 Å². The van der Waals surface area contributed by atoms with E-state index in [1.807, 2.05) is 19.9 Å². The van der Waals surface area contributed by atoms with Gasteiger partial charge in [-0.3, -0.25) is 0 Å². The molecule has 0 heterocycles. The largest absolute Gasteiger partial charge is 0.492 e. The number of nitrogens with two attached hydrogens (primary N) is 1. The van der Waals surface area contributed by atoms with Crippen molar-refractivity contribution in [3.8, 4) is 17.9 Å². The Bertz CT molecular complexity index is 495. The maximum absolute atomic E-state index is 8.94. The van der Waals surface area contributed by atoms with Gasteiger partial charge in [0.1, 0.15) is 11.8 Å². The van der Waals surface area contributed by atoms with E-state index >= 15 is 0 Å². The van der Waals surface area contributed by atoms with Gasteiger partial charge in [0.25, 0.3) is 0 Å². The van der Waals surface area contributed by atoms with E-state index in [1.165, 1.54) is 0 Å². The van der Waals surface area contributed by atoms with Crippen molar-refractivity contribution >= 4 is 5.69 Å². The van der Waals surface area contributed by atoms with Gasteiger partial charge in [-0.05, 0) is 44.9 Å². The van der Waals surface area contributed by atoms with Gasteiger partial charge in [0, 0.05) is 5.69 Å². The van der Waals surface area contributed by atoms with E-state index in [0.717, 1.165) is 12.8 Å². The second-order valence-corrected chi connectivity index (χ2v) is 4.82. The summed E-state index contributed by atoms with van der Waals surface area (Å²) in [6, 6.07) is 9.29. The topological polar surface area (TPSA) is 82.8 Å². The number of hydrogen-bond acceptors (Lipinski definition) is 4. The van der Waals surface area contributed by atoms with Crippen LogP contribution < -0.4 is 10.5 Å². The second-order valence-electron chi connectivity index (χ2n) is 4.82. The molecule has 4 nitrogen and oxygen atoms in total. The molecule has 4 heteroatoms. The zero-order valence-electron chi connectivity index (χ0n) is 10.7. The normalized spacial score (nSPS) is 10.4. The third kappa shape index (κ3) is 3.99. The average molecular weight is 243 g/mol. The Balaban J connectivity index is 2.51. The Morgan fingerprint density at radius 1 is 1.33 bits per heavy atom. The van der Waals surface area contributed by atoms with Gasteiger partial charge >= 0.3 is 0 Å². The van der Waals surface area contributed by atoms with Crippen LogP contribution in [-0.4, -0.2) is 6.61 Å². The molecular weight excluding hydrogens is 226 g/mol. The van der Waals surface area contributed by atoms with Crippen LogP contribution in [-0.2, 0) is 0 Å². The van der Waals surface area contributed by atoms with E-state index in [9.17, 15) is 0 Å². The number of hydrogen-bond donors (Lipinski definition) is 1. The van der Waals surface area contributed by atoms with Gasteiger partial charge in [-0.25, -0.2) is 0 Å². The Kier molecular flexibility index (Phi) is 4.57. The number of rotatable bonds is 5. The molecule has 0 fully saturated rings. The first-order chi connectivity index (χ1) is 8.48. The first-order valence-corrected chi connectivity index (χ1v) is 5.82. The van der Waals surface area contributed by atoms with Crippen molar-refractivity contribution in [2.75, 3.05) is 12.3 Å². The van der Waals surface area contributed by atoms with E-state index in [-0.39, 0.29) is 5.41 Å². The van der Waals surface area contributed by atoms with E-state index in [2.05, 4.69) is 6.07 Å². The SMILES string of the molecule is CC(C)(C#N)CCCOc1ccc(N)cc1C#N. The quantitative estimate of drug-likeness (QED) is 0.636. The van der Waals surface area contributed by atoms with E-state index in [4.69, 9.17) is 21.0 Å². The van der Waals surface area contributed by atoms with Crippen LogP contribution in [0.15, 0.2) is 18.2 Å². The second kappa shape index (κ2) is 5.93. The van der Waals surface area contributed by atoms with Crippen molar-refractivity contribution in [3.05, 3.63) is 23.8 Å². The Hall–Kier alpha value is -2.20. The van der Waals surface area contributed by atoms with Crippen molar-refractivity contribution in [1.29, 1.82) is 10.5 Å². The van der Waals surface area contributed by atoms with Crippen LogP contribution in [0.4, 0.5) is 5.69 Å². The summed E-state index contributed by atoms with van der Waals surface area (Å²) in [6.45, 7) is 4.29. The maximum Gasteiger partial charge on any atom is 0.137 e. The minimum atomic E-state index is -0.331. The van der Waals surface area contributed by atoms with Gasteiger partial charge in [0.15, 0.2) is 0 Å². The lowest BCUT2D eigenvalue weighted by atomic mass is 9.90. The van der Waals surface area contributed by atoms with Crippen molar-refractivity contribution in [2.24, 2.45) is 5.41 Å². The predicted molar refractivity (Wildman–Crippen MR) is 69.7 cm³/mol. The van der Waals surface area contributed by atoms with Crippen LogP contribution in [0.1, 0.15) is 32.3 Å². The van der Waals surface area contributed by atoms with Crippen LogP contribution in [0.5, 0.6) is 5.75 Å². The lowest BCUT2D eigenvalue weighted by molar-refractivity contribution is 0.283. The monoisotopic (exact) mass is 243 g/mol. The smallest absolute Gasteiger partial charge is 0.137 e. The highest BCUT2D eigenvalue weighted by Crippen LogP contribution is 2.23. The van der Waals surface area contributed by atoms with Gasteiger partial charge in [-0.2, -0.15) is 10.5 Å². The Morgan fingerprint density at radius 2 is 2.06 bits per heavy atom. The molecule has 94 valence electrons. The molecule has 1 rings (SSSR count). The van der Waals surface area contributed by atoms with Crippen molar-refractivity contribution < 1.29 is 4.74 Å². The van der Waals surface area contributed by atoms with Crippen molar-refractivity contribution in [3.63, 3.8) is 0 Å². The molecule has 0 aliphatic rings. The zero-order chi connectivity index (χ0) is 13.6. The van der Waals surface area contributed by atoms with Crippen LogP contribution in [0.25, 0.3) is 0 Å². The molecular formula is C14H17N3O. The number of benzene rings is 1. The van der Waals surface area contributed by atoms with Gasteiger partial charge in [-0.1, -0.05) is 0 Å². The maximum atomic E-state index is 8.94. The number of anilines is 1. The van der Waals surface area contributed by atoms with Gasteiger partial charge in [0.2, 0.25) is 0 Å². The minimum Gasteiger partial charge on any atom is -0.492 e. The third-order valence-corrected chi connectivity index (χ3v) is 2.63. The van der Waals surface area contributed by atoms with Crippen LogP contribution in [0, 0.1) is 28.1 Å². The zero-order valence-corrected chi connectivity index (χ0v) is 10.7. The Morgan fingerprint density at radius 3 is 2.67 bits per heavy atom. The summed E-state index contributed by atoms with van der Waals surface area (Å²) in [4.78, 5) is 0. The lowest BCUT2D eigenvalue weighted by Crippen LogP contribution is -2.10. The first kappa shape index (κ1) is 13.9. The highest BCUT2D eigenvalue weighted by Gasteiger charge is 2.15. The highest BCUT2D eigenvalue weighted by atomic mass is 16.5. The number of nitriles is 2.